The maximum atomic E-state index is 13.1. The molecular weight excluding hydrogens is 366 g/mol. The number of halogens is 2. The molecule has 0 bridgehead atoms. The second-order valence-corrected chi connectivity index (χ2v) is 6.66. The third kappa shape index (κ3) is 4.03. The number of aromatic nitrogens is 1. The minimum Gasteiger partial charge on any atom is -0.484 e. The van der Waals surface area contributed by atoms with Gasteiger partial charge in [-0.15, -0.1) is 0 Å². The van der Waals surface area contributed by atoms with Crippen molar-refractivity contribution < 1.29 is 22.7 Å². The highest BCUT2D eigenvalue weighted by molar-refractivity contribution is 5.92. The maximum Gasteiger partial charge on any atom is 0.275 e. The fourth-order valence-corrected chi connectivity index (χ4v) is 3.27. The van der Waals surface area contributed by atoms with Gasteiger partial charge in [-0.05, 0) is 48.4 Å². The Labute approximate surface area is 160 Å². The molecule has 0 saturated carbocycles. The van der Waals surface area contributed by atoms with Gasteiger partial charge < -0.3 is 14.1 Å². The van der Waals surface area contributed by atoms with Crippen LogP contribution in [-0.2, 0) is 6.61 Å². The summed E-state index contributed by atoms with van der Waals surface area (Å²) in [6, 6.07) is 12.0. The van der Waals surface area contributed by atoms with Crippen LogP contribution in [0.15, 0.2) is 59.2 Å². The molecule has 0 radical (unpaired) electrons. The van der Waals surface area contributed by atoms with Gasteiger partial charge in [0.15, 0.2) is 12.3 Å². The summed E-state index contributed by atoms with van der Waals surface area (Å²) in [5.74, 6) is 0.101. The summed E-state index contributed by atoms with van der Waals surface area (Å²) in [7, 11) is 0. The Kier molecular flexibility index (Phi) is 5.06. The molecule has 1 aliphatic heterocycles. The zero-order valence-electron chi connectivity index (χ0n) is 15.0. The van der Waals surface area contributed by atoms with Gasteiger partial charge in [0, 0.05) is 19.0 Å². The lowest BCUT2D eigenvalue weighted by Gasteiger charge is -2.15. The molecule has 0 spiro atoms. The minimum absolute atomic E-state index is 0.0388. The molecule has 5 nitrogen and oxygen atoms in total. The minimum atomic E-state index is -0.346. The van der Waals surface area contributed by atoms with E-state index >= 15 is 0 Å². The number of ether oxygens (including phenoxy) is 1. The normalized spacial score (nSPS) is 16.4. The Bertz CT molecular complexity index is 955. The van der Waals surface area contributed by atoms with Gasteiger partial charge in [-0.3, -0.25) is 4.79 Å². The van der Waals surface area contributed by atoms with E-state index in [2.05, 4.69) is 4.98 Å². The van der Waals surface area contributed by atoms with Gasteiger partial charge in [-0.2, -0.15) is 0 Å². The standard InChI is InChI=1S/C21H18F2N2O3/c22-16-3-1-14(2-4-16)15-9-10-25(11-15)21(26)19-12-28-20(24-19)13-27-18-7-5-17(23)6-8-18/h1-8,12,15H,9-11,13H2/t15-/m1/s1. The number of hydrogen-bond acceptors (Lipinski definition) is 4. The van der Waals surface area contributed by atoms with Gasteiger partial charge in [0.2, 0.25) is 5.89 Å². The predicted octanol–water partition coefficient (Wildman–Crippen LogP) is 4.16. The first kappa shape index (κ1) is 18.2. The number of hydrogen-bond donors (Lipinski definition) is 0. The summed E-state index contributed by atoms with van der Waals surface area (Å²) in [5.41, 5.74) is 1.24. The lowest BCUT2D eigenvalue weighted by Crippen LogP contribution is -2.28. The molecule has 0 unspecified atom stereocenters. The van der Waals surface area contributed by atoms with Crippen LogP contribution in [0.5, 0.6) is 5.75 Å². The average Bonchev–Trinajstić information content (AvgIpc) is 3.38. The second-order valence-electron chi connectivity index (χ2n) is 6.66. The Morgan fingerprint density at radius 2 is 1.79 bits per heavy atom. The molecule has 4 rings (SSSR count). The van der Waals surface area contributed by atoms with Crippen LogP contribution < -0.4 is 4.74 Å². The van der Waals surface area contributed by atoms with Crippen molar-refractivity contribution in [2.24, 2.45) is 0 Å². The molecule has 28 heavy (non-hydrogen) atoms. The lowest BCUT2D eigenvalue weighted by atomic mass is 9.99. The topological polar surface area (TPSA) is 55.6 Å². The summed E-state index contributed by atoms with van der Waals surface area (Å²) in [6.45, 7) is 1.20. The van der Waals surface area contributed by atoms with E-state index in [9.17, 15) is 13.6 Å². The molecule has 7 heteroatoms. The van der Waals surface area contributed by atoms with Crippen LogP contribution >= 0.6 is 0 Å². The van der Waals surface area contributed by atoms with Gasteiger partial charge in [0.05, 0.1) is 0 Å². The Morgan fingerprint density at radius 1 is 1.11 bits per heavy atom. The number of carbonyl (C=O) groups excluding carboxylic acids is 1. The molecule has 1 saturated heterocycles. The largest absolute Gasteiger partial charge is 0.484 e. The van der Waals surface area contributed by atoms with Crippen LogP contribution in [0.25, 0.3) is 0 Å². The molecule has 2 aromatic carbocycles. The van der Waals surface area contributed by atoms with Crippen molar-refractivity contribution in [3.05, 3.63) is 83.6 Å². The lowest BCUT2D eigenvalue weighted by molar-refractivity contribution is 0.0785. The van der Waals surface area contributed by atoms with Crippen molar-refractivity contribution in [2.45, 2.75) is 18.9 Å². The summed E-state index contributed by atoms with van der Waals surface area (Å²) in [6.07, 6.45) is 2.13. The van der Waals surface area contributed by atoms with E-state index in [1.54, 1.807) is 17.0 Å². The zero-order chi connectivity index (χ0) is 19.5. The van der Waals surface area contributed by atoms with Gasteiger partial charge >= 0.3 is 0 Å². The number of nitrogens with zero attached hydrogens (tertiary/aromatic N) is 2. The van der Waals surface area contributed by atoms with E-state index in [4.69, 9.17) is 9.15 Å². The smallest absolute Gasteiger partial charge is 0.275 e. The van der Waals surface area contributed by atoms with E-state index in [1.807, 2.05) is 0 Å². The van der Waals surface area contributed by atoms with Crippen LogP contribution in [-0.4, -0.2) is 28.9 Å². The SMILES string of the molecule is O=C(c1coc(COc2ccc(F)cc2)n1)N1CC[C@@H](c2ccc(F)cc2)C1. The molecule has 0 aliphatic carbocycles. The highest BCUT2D eigenvalue weighted by Gasteiger charge is 2.29. The predicted molar refractivity (Wildman–Crippen MR) is 96.9 cm³/mol. The molecular formula is C21H18F2N2O3. The quantitative estimate of drug-likeness (QED) is 0.663. The summed E-state index contributed by atoms with van der Waals surface area (Å²) in [5, 5.41) is 0. The van der Waals surface area contributed by atoms with E-state index in [0.29, 0.717) is 18.8 Å². The Hall–Kier alpha value is -3.22. The molecule has 144 valence electrons. The van der Waals surface area contributed by atoms with Crippen molar-refractivity contribution in [3.63, 3.8) is 0 Å². The maximum absolute atomic E-state index is 13.1. The molecule has 3 aromatic rings. The van der Waals surface area contributed by atoms with Gasteiger partial charge in [-0.25, -0.2) is 13.8 Å². The van der Waals surface area contributed by atoms with E-state index in [-0.39, 0.29) is 41.7 Å². The number of rotatable bonds is 5. The Balaban J connectivity index is 1.35. The first-order valence-corrected chi connectivity index (χ1v) is 8.96. The molecule has 1 atom stereocenters. The third-order valence-electron chi connectivity index (χ3n) is 4.76. The molecule has 0 N–H and O–H groups in total. The van der Waals surface area contributed by atoms with Crippen LogP contribution in [0.3, 0.4) is 0 Å². The summed E-state index contributed by atoms with van der Waals surface area (Å²) >= 11 is 0. The summed E-state index contributed by atoms with van der Waals surface area (Å²) in [4.78, 5) is 18.6. The first-order valence-electron chi connectivity index (χ1n) is 8.96. The van der Waals surface area contributed by atoms with Crippen molar-refractivity contribution in [1.29, 1.82) is 0 Å². The fraction of sp³-hybridized carbons (Fsp3) is 0.238. The van der Waals surface area contributed by atoms with Crippen LogP contribution in [0, 0.1) is 11.6 Å². The number of oxazole rings is 1. The third-order valence-corrected chi connectivity index (χ3v) is 4.76. The highest BCUT2D eigenvalue weighted by Crippen LogP contribution is 2.28. The van der Waals surface area contributed by atoms with Crippen molar-refractivity contribution in [1.82, 2.24) is 9.88 Å². The zero-order valence-corrected chi connectivity index (χ0v) is 15.0. The van der Waals surface area contributed by atoms with Crippen LogP contribution in [0.1, 0.15) is 34.3 Å². The Morgan fingerprint density at radius 3 is 2.50 bits per heavy atom. The first-order chi connectivity index (χ1) is 13.6. The van der Waals surface area contributed by atoms with Crippen molar-refractivity contribution in [2.75, 3.05) is 13.1 Å². The van der Waals surface area contributed by atoms with Crippen LogP contribution in [0.4, 0.5) is 8.78 Å². The average molecular weight is 384 g/mol. The molecule has 1 aromatic heterocycles. The second kappa shape index (κ2) is 7.80. The van der Waals surface area contributed by atoms with E-state index < -0.39 is 0 Å². The number of benzene rings is 2. The molecule has 1 aliphatic rings. The van der Waals surface area contributed by atoms with E-state index in [0.717, 1.165) is 12.0 Å². The summed E-state index contributed by atoms with van der Waals surface area (Å²) < 4.78 is 36.8. The fourth-order valence-electron chi connectivity index (χ4n) is 3.27. The number of carbonyl (C=O) groups is 1. The molecule has 1 fully saturated rings. The molecule has 2 heterocycles. The van der Waals surface area contributed by atoms with Crippen LogP contribution in [0.2, 0.25) is 0 Å². The highest BCUT2D eigenvalue weighted by atomic mass is 19.1. The van der Waals surface area contributed by atoms with Gasteiger partial charge in [-0.1, -0.05) is 12.1 Å². The van der Waals surface area contributed by atoms with Crippen molar-refractivity contribution in [3.8, 4) is 5.75 Å². The van der Waals surface area contributed by atoms with Gasteiger partial charge in [0.25, 0.3) is 5.91 Å². The monoisotopic (exact) mass is 384 g/mol. The number of likely N-dealkylation sites (tertiary alicyclic amines) is 1. The van der Waals surface area contributed by atoms with Gasteiger partial charge in [0.1, 0.15) is 23.6 Å². The number of amides is 1. The molecule has 1 amide bonds. The van der Waals surface area contributed by atoms with Crippen molar-refractivity contribution >= 4 is 5.91 Å². The van der Waals surface area contributed by atoms with E-state index in [1.165, 1.54) is 42.7 Å².